The molecule has 1 saturated heterocycles. The largest absolute Gasteiger partial charge is 0.382 e. The molecule has 0 aromatic carbocycles. The number of hydrogen-bond donors (Lipinski definition) is 3. The molecule has 0 bridgehead atoms. The van der Waals surface area contributed by atoms with Crippen LogP contribution in [0.2, 0.25) is 0 Å². The number of H-pyrrole nitrogens is 1. The number of methoxy groups -OCH3 is 1. The average molecular weight is 480 g/mol. The summed E-state index contributed by atoms with van der Waals surface area (Å²) in [5.41, 5.74) is 6.62. The number of nitrogens with one attached hydrogen (secondary N) is 2. The summed E-state index contributed by atoms with van der Waals surface area (Å²) in [6, 6.07) is 0.503. The molecular weight excluding hydrogens is 445 g/mol. The molecule has 2 fully saturated rings. The molecule has 6 unspecified atom stereocenters. The fraction of sp³-hybridized carbons (Fsp3) is 0.714. The van der Waals surface area contributed by atoms with Crippen LogP contribution in [-0.4, -0.2) is 79.9 Å². The normalized spacial score (nSPS) is 29.8. The second-order valence-electron chi connectivity index (χ2n) is 9.51. The average Bonchev–Trinajstić information content (AvgIpc) is 2.97. The molecule has 1 aliphatic heterocycles. The van der Waals surface area contributed by atoms with Crippen LogP contribution in [0.15, 0.2) is 11.1 Å². The fourth-order valence-corrected chi connectivity index (χ4v) is 9.14. The second kappa shape index (κ2) is 8.70. The Hall–Kier alpha value is -1.91. The number of carbonyl (C=O) groups is 1. The van der Waals surface area contributed by atoms with Gasteiger partial charge in [0.05, 0.1) is 19.0 Å². The van der Waals surface area contributed by atoms with Gasteiger partial charge in [-0.1, -0.05) is 0 Å². The number of rotatable bonds is 8. The van der Waals surface area contributed by atoms with Crippen molar-refractivity contribution in [1.29, 1.82) is 0 Å². The Bertz CT molecular complexity index is 1090. The number of hydrogen-bond acceptors (Lipinski definition) is 8. The predicted octanol–water partition coefficient (Wildman–Crippen LogP) is 1.46. The molecule has 2 aromatic heterocycles. The predicted molar refractivity (Wildman–Crippen MR) is 127 cm³/mol. The highest BCUT2D eigenvalue weighted by atomic mass is 31.1. The molecule has 1 aliphatic carbocycles. The van der Waals surface area contributed by atoms with E-state index in [1.54, 1.807) is 11.7 Å². The van der Waals surface area contributed by atoms with Crippen LogP contribution in [-0.2, 0) is 14.3 Å². The first-order chi connectivity index (χ1) is 15.5. The third-order valence-corrected chi connectivity index (χ3v) is 9.79. The van der Waals surface area contributed by atoms with Crippen molar-refractivity contribution in [2.75, 3.05) is 25.7 Å². The molecule has 2 aromatic rings. The topological polar surface area (TPSA) is 140 Å². The lowest BCUT2D eigenvalue weighted by Crippen LogP contribution is -2.38. The highest BCUT2D eigenvalue weighted by Crippen LogP contribution is 2.71. The lowest BCUT2D eigenvalue weighted by Gasteiger charge is -2.39. The highest BCUT2D eigenvalue weighted by Gasteiger charge is 2.77. The van der Waals surface area contributed by atoms with Crippen LogP contribution in [0.5, 0.6) is 0 Å². The summed E-state index contributed by atoms with van der Waals surface area (Å²) in [6.45, 7) is 13.0. The number of aromatic amines is 1. The van der Waals surface area contributed by atoms with Crippen molar-refractivity contribution in [2.24, 2.45) is 11.7 Å². The molecule has 182 valence electrons. The maximum Gasteiger partial charge on any atom is 0.280 e. The lowest BCUT2D eigenvalue weighted by atomic mass is 10.1. The Morgan fingerprint density at radius 2 is 2.09 bits per heavy atom. The minimum atomic E-state index is -0.541. The van der Waals surface area contributed by atoms with E-state index in [1.165, 1.54) is 13.3 Å². The SMILES string of the molecule is COCC12OC(n3cnc4c(=O)[nH]c(NC(C)=O)nc43)C(N)C1C2P(C)N(C(C)C)C(C)C. The van der Waals surface area contributed by atoms with Crippen LogP contribution >= 0.6 is 8.07 Å². The Kier molecular flexibility index (Phi) is 6.39. The van der Waals surface area contributed by atoms with Crippen molar-refractivity contribution in [3.63, 3.8) is 0 Å². The van der Waals surface area contributed by atoms with Gasteiger partial charge in [0.2, 0.25) is 11.9 Å². The Balaban J connectivity index is 1.67. The Morgan fingerprint density at radius 1 is 1.42 bits per heavy atom. The van der Waals surface area contributed by atoms with Gasteiger partial charge in [-0.3, -0.25) is 29.1 Å². The first-order valence-electron chi connectivity index (χ1n) is 11.2. The van der Waals surface area contributed by atoms with Crippen molar-refractivity contribution in [3.05, 3.63) is 16.7 Å². The third kappa shape index (κ3) is 3.89. The van der Waals surface area contributed by atoms with Crippen LogP contribution < -0.4 is 16.6 Å². The molecule has 2 aliphatic rings. The molecular formula is C21H34N7O4P. The van der Waals surface area contributed by atoms with E-state index in [0.29, 0.717) is 24.3 Å². The number of nitrogens with two attached hydrogens (primary N) is 1. The van der Waals surface area contributed by atoms with E-state index in [2.05, 4.69) is 59.3 Å². The molecule has 6 atom stereocenters. The number of amides is 1. The van der Waals surface area contributed by atoms with Gasteiger partial charge in [-0.2, -0.15) is 4.98 Å². The van der Waals surface area contributed by atoms with Gasteiger partial charge >= 0.3 is 0 Å². The van der Waals surface area contributed by atoms with Gasteiger partial charge in [-0.25, -0.2) is 4.98 Å². The zero-order valence-electron chi connectivity index (χ0n) is 20.2. The number of nitrogens with zero attached hydrogens (tertiary/aromatic N) is 4. The van der Waals surface area contributed by atoms with Crippen molar-refractivity contribution in [3.8, 4) is 0 Å². The van der Waals surface area contributed by atoms with E-state index in [9.17, 15) is 9.59 Å². The molecule has 1 amide bonds. The summed E-state index contributed by atoms with van der Waals surface area (Å²) in [4.78, 5) is 35.1. The summed E-state index contributed by atoms with van der Waals surface area (Å²) in [5.74, 6) is -0.158. The van der Waals surface area contributed by atoms with Crippen LogP contribution in [0.25, 0.3) is 11.2 Å². The molecule has 1 saturated carbocycles. The van der Waals surface area contributed by atoms with E-state index in [-0.39, 0.29) is 35.0 Å². The van der Waals surface area contributed by atoms with Gasteiger partial charge < -0.3 is 15.2 Å². The summed E-state index contributed by atoms with van der Waals surface area (Å²) >= 11 is 0. The number of imidazole rings is 1. The van der Waals surface area contributed by atoms with Crippen LogP contribution in [0, 0.1) is 5.92 Å². The minimum absolute atomic E-state index is 0.0598. The summed E-state index contributed by atoms with van der Waals surface area (Å²) in [6.07, 6.45) is 0.985. The van der Waals surface area contributed by atoms with Crippen molar-refractivity contribution < 1.29 is 14.3 Å². The number of fused-ring (bicyclic) bond motifs is 2. The maximum absolute atomic E-state index is 12.5. The monoisotopic (exact) mass is 479 g/mol. The van der Waals surface area contributed by atoms with Crippen molar-refractivity contribution in [2.45, 2.75) is 70.2 Å². The molecule has 0 spiro atoms. The highest BCUT2D eigenvalue weighted by molar-refractivity contribution is 7.55. The zero-order valence-corrected chi connectivity index (χ0v) is 21.1. The molecule has 3 heterocycles. The number of carbonyl (C=O) groups excluding carboxylic acids is 1. The second-order valence-corrected chi connectivity index (χ2v) is 11.7. The summed E-state index contributed by atoms with van der Waals surface area (Å²) < 4.78 is 16.5. The quantitative estimate of drug-likeness (QED) is 0.484. The van der Waals surface area contributed by atoms with Gasteiger partial charge in [0, 0.05) is 37.7 Å². The smallest absolute Gasteiger partial charge is 0.280 e. The van der Waals surface area contributed by atoms with Gasteiger partial charge in [0.25, 0.3) is 5.56 Å². The summed E-state index contributed by atoms with van der Waals surface area (Å²) in [7, 11) is 1.16. The zero-order chi connectivity index (χ0) is 24.2. The van der Waals surface area contributed by atoms with E-state index in [1.807, 2.05) is 0 Å². The van der Waals surface area contributed by atoms with Gasteiger partial charge in [0.1, 0.15) is 5.60 Å². The van der Waals surface area contributed by atoms with Crippen LogP contribution in [0.1, 0.15) is 40.8 Å². The fourth-order valence-electron chi connectivity index (χ4n) is 5.63. The molecule has 33 heavy (non-hydrogen) atoms. The Morgan fingerprint density at radius 3 is 2.67 bits per heavy atom. The van der Waals surface area contributed by atoms with E-state index >= 15 is 0 Å². The molecule has 11 nitrogen and oxygen atoms in total. The van der Waals surface area contributed by atoms with Crippen molar-refractivity contribution in [1.82, 2.24) is 24.2 Å². The summed E-state index contributed by atoms with van der Waals surface area (Å²) in [5, 5.41) is 2.52. The third-order valence-electron chi connectivity index (χ3n) is 6.58. The number of anilines is 1. The van der Waals surface area contributed by atoms with Crippen molar-refractivity contribution >= 4 is 31.1 Å². The van der Waals surface area contributed by atoms with Crippen LogP contribution in [0.3, 0.4) is 0 Å². The van der Waals surface area contributed by atoms with E-state index in [0.717, 1.165) is 0 Å². The van der Waals surface area contributed by atoms with Gasteiger partial charge in [0.15, 0.2) is 17.4 Å². The van der Waals surface area contributed by atoms with Gasteiger partial charge in [-0.15, -0.1) is 0 Å². The standard InChI is InChI=1S/C21H34N7O4P/c1-10(2)28(11(3)4)33(7)16-13-14(22)19(32-21(13,16)8-31-6)27-9-23-15-17(27)25-20(24-12(5)29)26-18(15)30/h9-11,13-14,16,19H,8,22H2,1-7H3,(H2,24,25,26,29,30). The first kappa shape index (κ1) is 24.2. The number of ether oxygens (including phenoxy) is 2. The lowest BCUT2D eigenvalue weighted by molar-refractivity contribution is -0.114. The van der Waals surface area contributed by atoms with Crippen LogP contribution in [0.4, 0.5) is 5.95 Å². The molecule has 4 N–H and O–H groups in total. The maximum atomic E-state index is 12.5. The molecule has 0 radical (unpaired) electrons. The Labute approximate surface area is 194 Å². The van der Waals surface area contributed by atoms with E-state index < -0.39 is 25.5 Å². The van der Waals surface area contributed by atoms with E-state index in [4.69, 9.17) is 15.2 Å². The molecule has 4 rings (SSSR count). The molecule has 12 heteroatoms. The number of aromatic nitrogens is 4. The van der Waals surface area contributed by atoms with Gasteiger partial charge in [-0.05, 0) is 42.4 Å². The first-order valence-corrected chi connectivity index (χ1v) is 13.0. The minimum Gasteiger partial charge on any atom is -0.382 e.